The van der Waals surface area contributed by atoms with Gasteiger partial charge in [-0.2, -0.15) is 0 Å². The van der Waals surface area contributed by atoms with Gasteiger partial charge in [-0.3, -0.25) is 0 Å². The molecule has 4 heteroatoms. The second kappa shape index (κ2) is 4.20. The second-order valence-electron chi connectivity index (χ2n) is 2.08. The second-order valence-corrected chi connectivity index (χ2v) is 4.86. The first-order valence-corrected chi connectivity index (χ1v) is 5.65. The zero-order valence-corrected chi connectivity index (χ0v) is 10.9. The van der Waals surface area contributed by atoms with Crippen LogP contribution in [0.15, 0.2) is 21.1 Å². The Morgan fingerprint density at radius 1 is 1.27 bits per heavy atom. The molecule has 1 aromatic rings. The number of hydrogen-bond donors (Lipinski definition) is 1. The highest BCUT2D eigenvalue weighted by atomic mass is 127. The highest BCUT2D eigenvalue weighted by molar-refractivity contribution is 14.1. The van der Waals surface area contributed by atoms with Crippen LogP contribution in [0.4, 0.5) is 0 Å². The highest BCUT2D eigenvalue weighted by Crippen LogP contribution is 2.28. The summed E-state index contributed by atoms with van der Waals surface area (Å²) in [4.78, 5) is 0. The summed E-state index contributed by atoms with van der Waals surface area (Å²) in [6, 6.07) is 4.07. The van der Waals surface area contributed by atoms with E-state index >= 15 is 0 Å². The smallest absolute Gasteiger partial charge is 0.0414 e. The molecule has 0 amide bonds. The van der Waals surface area contributed by atoms with Crippen molar-refractivity contribution in [2.75, 3.05) is 0 Å². The van der Waals surface area contributed by atoms with Gasteiger partial charge in [-0.25, -0.2) is 0 Å². The number of halogens is 3. The van der Waals surface area contributed by atoms with Gasteiger partial charge in [0.05, 0.1) is 0 Å². The molecule has 0 aliphatic heterocycles. The lowest BCUT2D eigenvalue weighted by atomic mass is 10.2. The van der Waals surface area contributed by atoms with Crippen molar-refractivity contribution in [1.29, 1.82) is 0 Å². The fraction of sp³-hybridized carbons (Fsp3) is 0.143. The lowest BCUT2D eigenvalue weighted by molar-refractivity contribution is 1.06. The van der Waals surface area contributed by atoms with E-state index in [9.17, 15) is 0 Å². The van der Waals surface area contributed by atoms with Gasteiger partial charge in [-0.1, -0.05) is 0 Å². The molecule has 60 valence electrons. The lowest BCUT2D eigenvalue weighted by Crippen LogP contribution is -1.96. The summed E-state index contributed by atoms with van der Waals surface area (Å²) in [5.41, 5.74) is 6.62. The van der Waals surface area contributed by atoms with Crippen LogP contribution in [0, 0.1) is 3.57 Å². The molecule has 0 bridgehead atoms. The van der Waals surface area contributed by atoms with E-state index in [2.05, 4.69) is 54.5 Å². The minimum Gasteiger partial charge on any atom is -0.326 e. The van der Waals surface area contributed by atoms with Crippen molar-refractivity contribution in [3.8, 4) is 0 Å². The molecule has 0 unspecified atom stereocenters. The van der Waals surface area contributed by atoms with Crippen LogP contribution in [0.3, 0.4) is 0 Å². The molecular formula is C7H6Br2IN. The molecule has 0 spiro atoms. The Morgan fingerprint density at radius 3 is 2.09 bits per heavy atom. The van der Waals surface area contributed by atoms with Crippen molar-refractivity contribution in [3.05, 3.63) is 30.2 Å². The van der Waals surface area contributed by atoms with E-state index in [1.807, 2.05) is 12.1 Å². The minimum atomic E-state index is 0.577. The van der Waals surface area contributed by atoms with E-state index in [0.717, 1.165) is 14.5 Å². The van der Waals surface area contributed by atoms with Gasteiger partial charge in [0, 0.05) is 19.1 Å². The predicted octanol–water partition coefficient (Wildman–Crippen LogP) is 3.27. The van der Waals surface area contributed by atoms with Gasteiger partial charge in [-0.05, 0) is 72.1 Å². The Hall–Kier alpha value is 0.870. The van der Waals surface area contributed by atoms with Gasteiger partial charge < -0.3 is 5.73 Å². The Labute approximate surface area is 96.1 Å². The molecule has 0 aliphatic rings. The predicted molar refractivity (Wildman–Crippen MR) is 62.5 cm³/mol. The van der Waals surface area contributed by atoms with Gasteiger partial charge in [0.15, 0.2) is 0 Å². The summed E-state index contributed by atoms with van der Waals surface area (Å²) in [5.74, 6) is 0. The average Bonchev–Trinajstić information content (AvgIpc) is 1.99. The van der Waals surface area contributed by atoms with E-state index in [4.69, 9.17) is 5.73 Å². The molecule has 1 rings (SSSR count). The molecule has 0 saturated carbocycles. The first-order valence-electron chi connectivity index (χ1n) is 2.98. The third kappa shape index (κ3) is 2.40. The van der Waals surface area contributed by atoms with E-state index in [1.54, 1.807) is 0 Å². The van der Waals surface area contributed by atoms with Crippen molar-refractivity contribution in [3.63, 3.8) is 0 Å². The van der Waals surface area contributed by atoms with Gasteiger partial charge in [0.25, 0.3) is 0 Å². The Morgan fingerprint density at radius 2 is 1.73 bits per heavy atom. The van der Waals surface area contributed by atoms with Crippen molar-refractivity contribution in [2.24, 2.45) is 5.73 Å². The third-order valence-corrected chi connectivity index (χ3v) is 5.17. The Kier molecular flexibility index (Phi) is 3.80. The van der Waals surface area contributed by atoms with Crippen LogP contribution >= 0.6 is 54.5 Å². The summed E-state index contributed by atoms with van der Waals surface area (Å²) in [6.45, 7) is 0.577. The molecule has 11 heavy (non-hydrogen) atoms. The molecule has 0 aromatic heterocycles. The van der Waals surface area contributed by atoms with Gasteiger partial charge in [0.2, 0.25) is 0 Å². The molecule has 0 atom stereocenters. The summed E-state index contributed by atoms with van der Waals surface area (Å²) in [6.07, 6.45) is 0. The van der Waals surface area contributed by atoms with E-state index in [1.165, 1.54) is 3.57 Å². The molecule has 0 radical (unpaired) electrons. The fourth-order valence-corrected chi connectivity index (χ4v) is 2.32. The maximum absolute atomic E-state index is 5.49. The molecule has 2 N–H and O–H groups in total. The number of rotatable bonds is 1. The van der Waals surface area contributed by atoms with Crippen LogP contribution in [0.1, 0.15) is 5.56 Å². The summed E-state index contributed by atoms with van der Waals surface area (Å²) < 4.78 is 3.36. The quantitative estimate of drug-likeness (QED) is 0.578. The van der Waals surface area contributed by atoms with E-state index in [-0.39, 0.29) is 0 Å². The summed E-state index contributed by atoms with van der Waals surface area (Å²) in [5, 5.41) is 0. The first-order chi connectivity index (χ1) is 5.15. The van der Waals surface area contributed by atoms with Crippen LogP contribution in [0.25, 0.3) is 0 Å². The van der Waals surface area contributed by atoms with Crippen molar-refractivity contribution < 1.29 is 0 Å². The Balaban J connectivity index is 3.21. The van der Waals surface area contributed by atoms with Gasteiger partial charge in [0.1, 0.15) is 0 Å². The number of nitrogens with two attached hydrogens (primary N) is 1. The lowest BCUT2D eigenvalue weighted by Gasteiger charge is -2.02. The van der Waals surface area contributed by atoms with E-state index in [0.29, 0.717) is 6.54 Å². The first kappa shape index (κ1) is 9.95. The maximum atomic E-state index is 5.49. The molecule has 0 aliphatic carbocycles. The zero-order chi connectivity index (χ0) is 8.43. The largest absolute Gasteiger partial charge is 0.326 e. The Bertz CT molecular complexity index is 252. The highest BCUT2D eigenvalue weighted by Gasteiger charge is 2.02. The van der Waals surface area contributed by atoms with Crippen LogP contribution in [0.2, 0.25) is 0 Å². The molecule has 0 saturated heterocycles. The number of benzene rings is 1. The van der Waals surface area contributed by atoms with E-state index < -0.39 is 0 Å². The standard InChI is InChI=1S/C7H6Br2IN/c8-5-1-4(3-11)2-6(9)7(5)10/h1-2H,3,11H2. The summed E-state index contributed by atoms with van der Waals surface area (Å²) >= 11 is 9.16. The third-order valence-electron chi connectivity index (χ3n) is 1.28. The van der Waals surface area contributed by atoms with Crippen molar-refractivity contribution >= 4 is 54.5 Å². The minimum absolute atomic E-state index is 0.577. The molecular weight excluding hydrogens is 385 g/mol. The maximum Gasteiger partial charge on any atom is 0.0414 e. The van der Waals surface area contributed by atoms with Crippen molar-refractivity contribution in [2.45, 2.75) is 6.54 Å². The van der Waals surface area contributed by atoms with Gasteiger partial charge in [-0.15, -0.1) is 0 Å². The van der Waals surface area contributed by atoms with Gasteiger partial charge >= 0.3 is 0 Å². The fourth-order valence-electron chi connectivity index (χ4n) is 0.726. The average molecular weight is 391 g/mol. The summed E-state index contributed by atoms with van der Waals surface area (Å²) in [7, 11) is 0. The van der Waals surface area contributed by atoms with Crippen LogP contribution in [-0.2, 0) is 6.54 Å². The number of hydrogen-bond acceptors (Lipinski definition) is 1. The molecule has 1 nitrogen and oxygen atoms in total. The normalized spacial score (nSPS) is 10.2. The SMILES string of the molecule is NCc1cc(Br)c(I)c(Br)c1. The van der Waals surface area contributed by atoms with Crippen LogP contribution in [0.5, 0.6) is 0 Å². The topological polar surface area (TPSA) is 26.0 Å². The monoisotopic (exact) mass is 389 g/mol. The molecule has 0 fully saturated rings. The molecule has 0 heterocycles. The van der Waals surface area contributed by atoms with Crippen LogP contribution in [-0.4, -0.2) is 0 Å². The van der Waals surface area contributed by atoms with Crippen molar-refractivity contribution in [1.82, 2.24) is 0 Å². The molecule has 1 aromatic carbocycles. The zero-order valence-electron chi connectivity index (χ0n) is 5.57. The van der Waals surface area contributed by atoms with Crippen LogP contribution < -0.4 is 5.73 Å².